The highest BCUT2D eigenvalue weighted by molar-refractivity contribution is 6.30. The highest BCUT2D eigenvalue weighted by Gasteiger charge is 2.20. The third-order valence-electron chi connectivity index (χ3n) is 4.86. The van der Waals surface area contributed by atoms with Crippen LogP contribution in [0.3, 0.4) is 0 Å². The van der Waals surface area contributed by atoms with E-state index in [2.05, 4.69) is 4.98 Å². The molecule has 0 radical (unpaired) electrons. The Morgan fingerprint density at radius 3 is 2.61 bits per heavy atom. The molecule has 0 saturated carbocycles. The molecule has 146 valence electrons. The molecule has 6 heteroatoms. The van der Waals surface area contributed by atoms with Crippen molar-refractivity contribution in [1.29, 1.82) is 0 Å². The zero-order valence-corrected chi connectivity index (χ0v) is 17.4. The molecule has 1 aromatic carbocycles. The molecule has 28 heavy (non-hydrogen) atoms. The van der Waals surface area contributed by atoms with Gasteiger partial charge >= 0.3 is 0 Å². The van der Waals surface area contributed by atoms with E-state index in [9.17, 15) is 9.59 Å². The number of rotatable bonds is 5. The lowest BCUT2D eigenvalue weighted by molar-refractivity contribution is -0.128. The lowest BCUT2D eigenvalue weighted by Crippen LogP contribution is -2.28. The van der Waals surface area contributed by atoms with Crippen molar-refractivity contribution in [1.82, 2.24) is 14.5 Å². The SMILES string of the molecule is CCn1c(=O)c(CCC(=O)N(C)C)c(-c2cccc(Cl)c2)c2ccc(C)nc21. The van der Waals surface area contributed by atoms with Crippen LogP contribution in [0.25, 0.3) is 22.2 Å². The van der Waals surface area contributed by atoms with Crippen molar-refractivity contribution in [3.8, 4) is 11.1 Å². The van der Waals surface area contributed by atoms with E-state index >= 15 is 0 Å². The van der Waals surface area contributed by atoms with Gasteiger partial charge in [0.15, 0.2) is 0 Å². The number of fused-ring (bicyclic) bond motifs is 1. The van der Waals surface area contributed by atoms with E-state index in [0.29, 0.717) is 29.2 Å². The number of halogens is 1. The van der Waals surface area contributed by atoms with E-state index in [1.807, 2.05) is 44.2 Å². The van der Waals surface area contributed by atoms with Gasteiger partial charge in [0, 0.05) is 54.3 Å². The third-order valence-corrected chi connectivity index (χ3v) is 5.10. The number of pyridine rings is 2. The number of nitrogens with zero attached hydrogens (tertiary/aromatic N) is 3. The lowest BCUT2D eigenvalue weighted by Gasteiger charge is -2.18. The lowest BCUT2D eigenvalue weighted by atomic mass is 9.94. The van der Waals surface area contributed by atoms with Gasteiger partial charge in [0.05, 0.1) is 0 Å². The number of benzene rings is 1. The Hall–Kier alpha value is -2.66. The molecule has 1 amide bonds. The largest absolute Gasteiger partial charge is 0.349 e. The second-order valence-electron chi connectivity index (χ2n) is 7.03. The zero-order chi connectivity index (χ0) is 20.4. The maximum atomic E-state index is 13.4. The molecular formula is C22H24ClN3O2. The van der Waals surface area contributed by atoms with Crippen molar-refractivity contribution in [2.45, 2.75) is 33.2 Å². The Balaban J connectivity index is 2.34. The summed E-state index contributed by atoms with van der Waals surface area (Å²) in [7, 11) is 3.44. The van der Waals surface area contributed by atoms with Crippen molar-refractivity contribution in [2.75, 3.05) is 14.1 Å². The Bertz CT molecular complexity index is 1100. The summed E-state index contributed by atoms with van der Waals surface area (Å²) in [5.41, 5.74) is 3.70. The first kappa shape index (κ1) is 20.1. The number of hydrogen-bond acceptors (Lipinski definition) is 3. The quantitative estimate of drug-likeness (QED) is 0.652. The van der Waals surface area contributed by atoms with E-state index in [0.717, 1.165) is 22.2 Å². The molecule has 0 saturated heterocycles. The molecule has 2 aromatic heterocycles. The molecule has 0 aliphatic carbocycles. The molecule has 0 unspecified atom stereocenters. The Morgan fingerprint density at radius 1 is 1.21 bits per heavy atom. The molecule has 0 bridgehead atoms. The fourth-order valence-electron chi connectivity index (χ4n) is 3.43. The van der Waals surface area contributed by atoms with Gasteiger partial charge in [-0.2, -0.15) is 0 Å². The summed E-state index contributed by atoms with van der Waals surface area (Å²) in [4.78, 5) is 31.7. The van der Waals surface area contributed by atoms with Crippen molar-refractivity contribution in [2.24, 2.45) is 0 Å². The molecule has 2 heterocycles. The van der Waals surface area contributed by atoms with Gasteiger partial charge in [-0.3, -0.25) is 14.2 Å². The first-order valence-electron chi connectivity index (χ1n) is 9.32. The summed E-state index contributed by atoms with van der Waals surface area (Å²) in [5, 5.41) is 1.49. The number of amides is 1. The molecule has 5 nitrogen and oxygen atoms in total. The maximum absolute atomic E-state index is 13.4. The maximum Gasteiger partial charge on any atom is 0.256 e. The van der Waals surface area contributed by atoms with Crippen LogP contribution in [0, 0.1) is 6.92 Å². The number of hydrogen-bond donors (Lipinski definition) is 0. The van der Waals surface area contributed by atoms with Crippen LogP contribution >= 0.6 is 11.6 Å². The topological polar surface area (TPSA) is 55.2 Å². The van der Waals surface area contributed by atoms with Crippen LogP contribution in [0.1, 0.15) is 24.6 Å². The predicted molar refractivity (Wildman–Crippen MR) is 114 cm³/mol. The molecule has 0 N–H and O–H groups in total. The van der Waals surface area contributed by atoms with Gasteiger partial charge in [-0.05, 0) is 50.1 Å². The van der Waals surface area contributed by atoms with E-state index in [1.54, 1.807) is 29.6 Å². The third kappa shape index (κ3) is 3.80. The van der Waals surface area contributed by atoms with Gasteiger partial charge in [-0.1, -0.05) is 23.7 Å². The minimum Gasteiger partial charge on any atom is -0.349 e. The standard InChI is InChI=1S/C22H24ClN3O2/c1-5-26-21-17(10-9-14(2)24-21)20(15-7-6-8-16(23)13-15)18(22(26)28)11-12-19(27)25(3)4/h6-10,13H,5,11-12H2,1-4H3. The van der Waals surface area contributed by atoms with Crippen molar-refractivity contribution >= 4 is 28.5 Å². The average molecular weight is 398 g/mol. The van der Waals surface area contributed by atoms with E-state index in [4.69, 9.17) is 11.6 Å². The number of aromatic nitrogens is 2. The van der Waals surface area contributed by atoms with Crippen LogP contribution in [0.4, 0.5) is 0 Å². The predicted octanol–water partition coefficient (Wildman–Crippen LogP) is 4.07. The van der Waals surface area contributed by atoms with Crippen LogP contribution in [-0.2, 0) is 17.8 Å². The fourth-order valence-corrected chi connectivity index (χ4v) is 3.62. The van der Waals surface area contributed by atoms with Crippen LogP contribution in [-0.4, -0.2) is 34.5 Å². The summed E-state index contributed by atoms with van der Waals surface area (Å²) < 4.78 is 1.69. The van der Waals surface area contributed by atoms with Crippen LogP contribution in [0.5, 0.6) is 0 Å². The van der Waals surface area contributed by atoms with Crippen LogP contribution in [0.15, 0.2) is 41.2 Å². The van der Waals surface area contributed by atoms with Crippen molar-refractivity contribution in [3.63, 3.8) is 0 Å². The van der Waals surface area contributed by atoms with Gasteiger partial charge in [0.2, 0.25) is 5.91 Å². The van der Waals surface area contributed by atoms with Gasteiger partial charge in [0.25, 0.3) is 5.56 Å². The highest BCUT2D eigenvalue weighted by Crippen LogP contribution is 2.32. The van der Waals surface area contributed by atoms with E-state index in [-0.39, 0.29) is 17.9 Å². The zero-order valence-electron chi connectivity index (χ0n) is 16.6. The van der Waals surface area contributed by atoms with Gasteiger partial charge in [-0.25, -0.2) is 4.98 Å². The molecule has 0 spiro atoms. The monoisotopic (exact) mass is 397 g/mol. The highest BCUT2D eigenvalue weighted by atomic mass is 35.5. The molecular weight excluding hydrogens is 374 g/mol. The number of carbonyl (C=O) groups excluding carboxylic acids is 1. The molecule has 0 aliphatic heterocycles. The summed E-state index contributed by atoms with van der Waals surface area (Å²) >= 11 is 6.23. The number of carbonyl (C=O) groups is 1. The van der Waals surface area contributed by atoms with Gasteiger partial charge in [-0.15, -0.1) is 0 Å². The van der Waals surface area contributed by atoms with Crippen LogP contribution < -0.4 is 5.56 Å². The normalized spacial score (nSPS) is 11.0. The Labute approximate surface area is 169 Å². The first-order valence-corrected chi connectivity index (χ1v) is 9.70. The molecule has 3 rings (SSSR count). The minimum atomic E-state index is -0.102. The number of aryl methyl sites for hydroxylation is 2. The minimum absolute atomic E-state index is 0.0124. The van der Waals surface area contributed by atoms with Crippen molar-refractivity contribution in [3.05, 3.63) is 63.0 Å². The van der Waals surface area contributed by atoms with Gasteiger partial charge < -0.3 is 4.90 Å². The van der Waals surface area contributed by atoms with Crippen LogP contribution in [0.2, 0.25) is 5.02 Å². The fraction of sp³-hybridized carbons (Fsp3) is 0.318. The molecule has 0 fully saturated rings. The van der Waals surface area contributed by atoms with E-state index in [1.165, 1.54) is 0 Å². The van der Waals surface area contributed by atoms with E-state index < -0.39 is 0 Å². The summed E-state index contributed by atoms with van der Waals surface area (Å²) in [6.45, 7) is 4.35. The van der Waals surface area contributed by atoms with Gasteiger partial charge in [0.1, 0.15) is 5.65 Å². The molecule has 0 atom stereocenters. The Morgan fingerprint density at radius 2 is 1.96 bits per heavy atom. The summed E-state index contributed by atoms with van der Waals surface area (Å²) in [5.74, 6) is -0.0124. The molecule has 3 aromatic rings. The second kappa shape index (κ2) is 8.15. The molecule has 0 aliphatic rings. The van der Waals surface area contributed by atoms with Crippen molar-refractivity contribution < 1.29 is 4.79 Å². The summed E-state index contributed by atoms with van der Waals surface area (Å²) in [6.07, 6.45) is 0.631. The smallest absolute Gasteiger partial charge is 0.256 e. The summed E-state index contributed by atoms with van der Waals surface area (Å²) in [6, 6.07) is 11.4. The first-order chi connectivity index (χ1) is 13.3. The average Bonchev–Trinajstić information content (AvgIpc) is 2.65. The Kier molecular flexibility index (Phi) is 5.84. The second-order valence-corrected chi connectivity index (χ2v) is 7.46.